The molecule has 0 saturated carbocycles. The minimum Gasteiger partial charge on any atom is -0.299 e. The van der Waals surface area contributed by atoms with Gasteiger partial charge in [-0.15, -0.1) is 11.3 Å². The van der Waals surface area contributed by atoms with Crippen molar-refractivity contribution in [2.45, 2.75) is 45.1 Å². The van der Waals surface area contributed by atoms with Crippen molar-refractivity contribution in [3.8, 4) is 0 Å². The van der Waals surface area contributed by atoms with Gasteiger partial charge in [0.05, 0.1) is 11.7 Å². The molecule has 0 N–H and O–H groups in total. The lowest BCUT2D eigenvalue weighted by molar-refractivity contribution is 0.611. The van der Waals surface area contributed by atoms with Gasteiger partial charge in [-0.05, 0) is 44.1 Å². The van der Waals surface area contributed by atoms with Crippen molar-refractivity contribution in [3.05, 3.63) is 27.1 Å². The number of rotatable bonds is 4. The molecular weight excluding hydrogens is 324 g/mol. The summed E-state index contributed by atoms with van der Waals surface area (Å²) in [5.41, 5.74) is 1.46. The molecule has 0 amide bonds. The third-order valence-corrected chi connectivity index (χ3v) is 5.49. The van der Waals surface area contributed by atoms with Crippen LogP contribution >= 0.6 is 27.3 Å². The third kappa shape index (κ3) is 2.50. The van der Waals surface area contributed by atoms with Gasteiger partial charge in [0.1, 0.15) is 4.83 Å². The number of hydrogen-bond acceptors (Lipinski definition) is 3. The molecule has 3 rings (SSSR count). The minimum atomic E-state index is 0.166. The summed E-state index contributed by atoms with van der Waals surface area (Å²) >= 11 is 5.14. The lowest BCUT2D eigenvalue weighted by Gasteiger charge is -2.10. The van der Waals surface area contributed by atoms with Crippen molar-refractivity contribution in [2.75, 3.05) is 5.33 Å². The van der Waals surface area contributed by atoms with E-state index in [-0.39, 0.29) is 5.56 Å². The Balaban J connectivity index is 2.03. The highest BCUT2D eigenvalue weighted by atomic mass is 79.9. The third-order valence-electron chi connectivity index (χ3n) is 3.72. The number of alkyl halides is 1. The second-order valence-electron chi connectivity index (χ2n) is 5.03. The lowest BCUT2D eigenvalue weighted by atomic mass is 9.97. The Kier molecular flexibility index (Phi) is 4.03. The second kappa shape index (κ2) is 5.75. The molecule has 0 unspecified atom stereocenters. The monoisotopic (exact) mass is 340 g/mol. The van der Waals surface area contributed by atoms with Crippen LogP contribution in [-0.2, 0) is 19.4 Å². The van der Waals surface area contributed by atoms with E-state index in [9.17, 15) is 4.79 Å². The molecule has 5 heteroatoms. The highest BCUT2D eigenvalue weighted by molar-refractivity contribution is 9.09. The van der Waals surface area contributed by atoms with Crippen LogP contribution in [0, 0.1) is 0 Å². The first-order chi connectivity index (χ1) is 9.31. The van der Waals surface area contributed by atoms with Gasteiger partial charge in [0.15, 0.2) is 0 Å². The first kappa shape index (κ1) is 13.3. The standard InChI is InChI=1S/C14H17BrN2OS/c15-7-3-4-8-17-9-16-13-12(14(17)18)10-5-1-2-6-11(10)19-13/h9H,1-8H2. The van der Waals surface area contributed by atoms with Gasteiger partial charge in [-0.2, -0.15) is 0 Å². The molecule has 0 spiro atoms. The summed E-state index contributed by atoms with van der Waals surface area (Å²) in [6, 6.07) is 0. The summed E-state index contributed by atoms with van der Waals surface area (Å²) in [5, 5.41) is 1.90. The van der Waals surface area contributed by atoms with E-state index in [2.05, 4.69) is 20.9 Å². The number of nitrogens with zero attached hydrogens (tertiary/aromatic N) is 2. The van der Waals surface area contributed by atoms with Crippen LogP contribution in [0.4, 0.5) is 0 Å². The smallest absolute Gasteiger partial charge is 0.262 e. The second-order valence-corrected chi connectivity index (χ2v) is 6.91. The quantitative estimate of drug-likeness (QED) is 0.630. The number of aromatic nitrogens is 2. The van der Waals surface area contributed by atoms with Gasteiger partial charge in [-0.1, -0.05) is 15.9 Å². The molecule has 1 aliphatic rings. The van der Waals surface area contributed by atoms with Crippen molar-refractivity contribution in [1.82, 2.24) is 9.55 Å². The molecule has 2 heterocycles. The van der Waals surface area contributed by atoms with Crippen LogP contribution in [0.25, 0.3) is 10.2 Å². The average Bonchev–Trinajstić information content (AvgIpc) is 2.80. The normalized spacial score (nSPS) is 14.8. The maximum Gasteiger partial charge on any atom is 0.262 e. The van der Waals surface area contributed by atoms with Crippen LogP contribution in [0.15, 0.2) is 11.1 Å². The fourth-order valence-corrected chi connectivity index (χ4v) is 4.33. The van der Waals surface area contributed by atoms with Crippen molar-refractivity contribution in [3.63, 3.8) is 0 Å². The summed E-state index contributed by atoms with van der Waals surface area (Å²) in [6.07, 6.45) is 8.46. The first-order valence-corrected chi connectivity index (χ1v) is 8.80. The Morgan fingerprint density at radius 2 is 2.16 bits per heavy atom. The molecule has 0 atom stereocenters. The van der Waals surface area contributed by atoms with Gasteiger partial charge in [-0.3, -0.25) is 9.36 Å². The minimum absolute atomic E-state index is 0.166. The van der Waals surface area contributed by atoms with Crippen LogP contribution in [0.5, 0.6) is 0 Å². The SMILES string of the molecule is O=c1c2c3c(sc2ncn1CCCCBr)CCCC3. The molecule has 2 aromatic rings. The van der Waals surface area contributed by atoms with Crippen LogP contribution < -0.4 is 5.56 Å². The Morgan fingerprint density at radius 1 is 1.32 bits per heavy atom. The Labute approximate surface area is 124 Å². The zero-order valence-electron chi connectivity index (χ0n) is 10.8. The molecule has 0 bridgehead atoms. The van der Waals surface area contributed by atoms with Crippen LogP contribution in [0.1, 0.15) is 36.1 Å². The first-order valence-electron chi connectivity index (χ1n) is 6.87. The van der Waals surface area contributed by atoms with Crippen molar-refractivity contribution in [2.24, 2.45) is 0 Å². The fourth-order valence-electron chi connectivity index (χ4n) is 2.72. The molecular formula is C14H17BrN2OS. The van der Waals surface area contributed by atoms with E-state index in [1.165, 1.54) is 23.3 Å². The highest BCUT2D eigenvalue weighted by Gasteiger charge is 2.19. The Morgan fingerprint density at radius 3 is 3.00 bits per heavy atom. The van der Waals surface area contributed by atoms with Gasteiger partial charge in [0.25, 0.3) is 5.56 Å². The zero-order chi connectivity index (χ0) is 13.2. The molecule has 2 aromatic heterocycles. The van der Waals surface area contributed by atoms with Crippen LogP contribution in [0.2, 0.25) is 0 Å². The maximum absolute atomic E-state index is 12.6. The summed E-state index contributed by atoms with van der Waals surface area (Å²) in [7, 11) is 0. The maximum atomic E-state index is 12.6. The van der Waals surface area contributed by atoms with Crippen molar-refractivity contribution < 1.29 is 0 Å². The number of hydrogen-bond donors (Lipinski definition) is 0. The average molecular weight is 341 g/mol. The van der Waals surface area contributed by atoms with Gasteiger partial charge in [0, 0.05) is 16.8 Å². The largest absolute Gasteiger partial charge is 0.299 e. The van der Waals surface area contributed by atoms with E-state index in [4.69, 9.17) is 0 Å². The highest BCUT2D eigenvalue weighted by Crippen LogP contribution is 2.33. The summed E-state index contributed by atoms with van der Waals surface area (Å²) in [5.74, 6) is 0. The predicted octanol–water partition coefficient (Wildman–Crippen LogP) is 3.51. The molecule has 19 heavy (non-hydrogen) atoms. The number of thiophene rings is 1. The van der Waals surface area contributed by atoms with Gasteiger partial charge < -0.3 is 0 Å². The van der Waals surface area contributed by atoms with E-state index < -0.39 is 0 Å². The van der Waals surface area contributed by atoms with Gasteiger partial charge >= 0.3 is 0 Å². The van der Waals surface area contributed by atoms with E-state index in [1.54, 1.807) is 22.2 Å². The molecule has 1 aliphatic carbocycles. The van der Waals surface area contributed by atoms with E-state index in [1.807, 2.05) is 0 Å². The summed E-state index contributed by atoms with van der Waals surface area (Å²) in [4.78, 5) is 19.4. The van der Waals surface area contributed by atoms with E-state index >= 15 is 0 Å². The Hall–Kier alpha value is -0.680. The molecule has 0 radical (unpaired) electrons. The van der Waals surface area contributed by atoms with E-state index in [0.717, 1.165) is 47.8 Å². The Bertz CT molecular complexity index is 647. The molecule has 3 nitrogen and oxygen atoms in total. The molecule has 0 fully saturated rings. The zero-order valence-corrected chi connectivity index (χ0v) is 13.2. The number of unbranched alkanes of at least 4 members (excludes halogenated alkanes) is 1. The number of halogens is 1. The number of fused-ring (bicyclic) bond motifs is 3. The summed E-state index contributed by atoms with van der Waals surface area (Å²) < 4.78 is 1.78. The predicted molar refractivity (Wildman–Crippen MR) is 83.6 cm³/mol. The lowest BCUT2D eigenvalue weighted by Crippen LogP contribution is -2.21. The van der Waals surface area contributed by atoms with Gasteiger partial charge in [-0.25, -0.2) is 4.98 Å². The number of aryl methyl sites for hydroxylation is 3. The van der Waals surface area contributed by atoms with Crippen LogP contribution in [-0.4, -0.2) is 14.9 Å². The summed E-state index contributed by atoms with van der Waals surface area (Å²) in [6.45, 7) is 0.776. The molecule has 0 aromatic carbocycles. The van der Waals surface area contributed by atoms with E-state index in [0.29, 0.717) is 0 Å². The molecule has 0 saturated heterocycles. The van der Waals surface area contributed by atoms with Crippen LogP contribution in [0.3, 0.4) is 0 Å². The topological polar surface area (TPSA) is 34.9 Å². The fraction of sp³-hybridized carbons (Fsp3) is 0.571. The molecule has 0 aliphatic heterocycles. The van der Waals surface area contributed by atoms with Crippen molar-refractivity contribution >= 4 is 37.5 Å². The molecule has 102 valence electrons. The van der Waals surface area contributed by atoms with Crippen molar-refractivity contribution in [1.29, 1.82) is 0 Å². The van der Waals surface area contributed by atoms with Gasteiger partial charge in [0.2, 0.25) is 0 Å².